The lowest BCUT2D eigenvalue weighted by atomic mass is 9.94. The zero-order valence-electron chi connectivity index (χ0n) is 11.9. The minimum atomic E-state index is 0.233. The monoisotopic (exact) mass is 277 g/mol. The SMILES string of the molecule is C=CCOCCCC(=O)N1CCC[C@@H](c2ccn[nH]2)C1. The van der Waals surface area contributed by atoms with Gasteiger partial charge in [-0.2, -0.15) is 5.10 Å². The van der Waals surface area contributed by atoms with Crippen molar-refractivity contribution in [2.75, 3.05) is 26.3 Å². The summed E-state index contributed by atoms with van der Waals surface area (Å²) in [5.74, 6) is 0.628. The predicted molar refractivity (Wildman–Crippen MR) is 77.4 cm³/mol. The van der Waals surface area contributed by atoms with Crippen LogP contribution < -0.4 is 0 Å². The van der Waals surface area contributed by atoms with Gasteiger partial charge in [-0.3, -0.25) is 9.89 Å². The minimum absolute atomic E-state index is 0.233. The smallest absolute Gasteiger partial charge is 0.222 e. The van der Waals surface area contributed by atoms with Crippen LogP contribution in [0, 0.1) is 0 Å². The maximum absolute atomic E-state index is 12.2. The molecule has 0 aliphatic carbocycles. The molecule has 2 heterocycles. The van der Waals surface area contributed by atoms with E-state index in [2.05, 4.69) is 16.8 Å². The highest BCUT2D eigenvalue weighted by Crippen LogP contribution is 2.25. The molecule has 0 unspecified atom stereocenters. The van der Waals surface area contributed by atoms with Gasteiger partial charge in [-0.05, 0) is 25.3 Å². The number of aromatic amines is 1. The first-order valence-corrected chi connectivity index (χ1v) is 7.27. The number of likely N-dealkylation sites (tertiary alicyclic amines) is 1. The van der Waals surface area contributed by atoms with Crippen molar-refractivity contribution in [1.29, 1.82) is 0 Å². The summed E-state index contributed by atoms with van der Waals surface area (Å²) in [7, 11) is 0. The van der Waals surface area contributed by atoms with Crippen LogP contribution in [0.1, 0.15) is 37.3 Å². The highest BCUT2D eigenvalue weighted by atomic mass is 16.5. The zero-order valence-corrected chi connectivity index (χ0v) is 11.9. The second kappa shape index (κ2) is 7.85. The van der Waals surface area contributed by atoms with Crippen LogP contribution in [0.2, 0.25) is 0 Å². The van der Waals surface area contributed by atoms with E-state index in [4.69, 9.17) is 4.74 Å². The van der Waals surface area contributed by atoms with Crippen molar-refractivity contribution in [3.8, 4) is 0 Å². The predicted octanol–water partition coefficient (Wildman–Crippen LogP) is 2.10. The average Bonchev–Trinajstić information content (AvgIpc) is 3.01. The molecule has 1 aliphatic heterocycles. The molecule has 1 N–H and O–H groups in total. The van der Waals surface area contributed by atoms with Crippen molar-refractivity contribution in [3.05, 3.63) is 30.6 Å². The Balaban J connectivity index is 1.74. The van der Waals surface area contributed by atoms with Crippen molar-refractivity contribution >= 4 is 5.91 Å². The molecular weight excluding hydrogens is 254 g/mol. The summed E-state index contributed by atoms with van der Waals surface area (Å²) in [5.41, 5.74) is 1.14. The van der Waals surface area contributed by atoms with Gasteiger partial charge < -0.3 is 9.64 Å². The van der Waals surface area contributed by atoms with Gasteiger partial charge in [0.25, 0.3) is 0 Å². The summed E-state index contributed by atoms with van der Waals surface area (Å²) in [5, 5.41) is 7.01. The Bertz CT molecular complexity index is 417. The molecule has 1 fully saturated rings. The molecule has 1 saturated heterocycles. The highest BCUT2D eigenvalue weighted by molar-refractivity contribution is 5.76. The average molecular weight is 277 g/mol. The van der Waals surface area contributed by atoms with Crippen molar-refractivity contribution in [2.24, 2.45) is 0 Å². The third-order valence-corrected chi connectivity index (χ3v) is 3.65. The molecule has 1 aliphatic rings. The van der Waals surface area contributed by atoms with Crippen LogP contribution >= 0.6 is 0 Å². The number of nitrogens with one attached hydrogen (secondary N) is 1. The molecule has 0 radical (unpaired) electrons. The molecular formula is C15H23N3O2. The van der Waals surface area contributed by atoms with E-state index in [-0.39, 0.29) is 5.91 Å². The van der Waals surface area contributed by atoms with E-state index in [1.807, 2.05) is 11.0 Å². The van der Waals surface area contributed by atoms with Crippen molar-refractivity contribution < 1.29 is 9.53 Å². The van der Waals surface area contributed by atoms with Gasteiger partial charge in [0.1, 0.15) is 0 Å². The maximum Gasteiger partial charge on any atom is 0.222 e. The fraction of sp³-hybridized carbons (Fsp3) is 0.600. The fourth-order valence-corrected chi connectivity index (χ4v) is 2.60. The molecule has 1 amide bonds. The van der Waals surface area contributed by atoms with E-state index < -0.39 is 0 Å². The van der Waals surface area contributed by atoms with Crippen LogP contribution in [-0.2, 0) is 9.53 Å². The molecule has 1 aromatic rings. The van der Waals surface area contributed by atoms with Crippen LogP contribution in [0.4, 0.5) is 0 Å². The molecule has 5 heteroatoms. The molecule has 110 valence electrons. The first-order chi connectivity index (χ1) is 9.81. The van der Waals surface area contributed by atoms with Crippen LogP contribution in [0.5, 0.6) is 0 Å². The highest BCUT2D eigenvalue weighted by Gasteiger charge is 2.24. The number of ether oxygens (including phenoxy) is 1. The van der Waals surface area contributed by atoms with Crippen LogP contribution in [0.25, 0.3) is 0 Å². The van der Waals surface area contributed by atoms with Gasteiger partial charge in [-0.25, -0.2) is 0 Å². The van der Waals surface area contributed by atoms with E-state index in [0.29, 0.717) is 25.6 Å². The Morgan fingerprint density at radius 2 is 2.55 bits per heavy atom. The van der Waals surface area contributed by atoms with Gasteiger partial charge >= 0.3 is 0 Å². The summed E-state index contributed by atoms with van der Waals surface area (Å²) in [6.07, 6.45) is 7.01. The van der Waals surface area contributed by atoms with E-state index in [0.717, 1.165) is 38.0 Å². The third kappa shape index (κ3) is 4.20. The van der Waals surface area contributed by atoms with Gasteiger partial charge in [0, 0.05) is 43.9 Å². The lowest BCUT2D eigenvalue weighted by molar-refractivity contribution is -0.132. The number of H-pyrrole nitrogens is 1. The molecule has 0 spiro atoms. The van der Waals surface area contributed by atoms with E-state index in [1.165, 1.54) is 0 Å². The fourth-order valence-electron chi connectivity index (χ4n) is 2.60. The van der Waals surface area contributed by atoms with Crippen molar-refractivity contribution in [3.63, 3.8) is 0 Å². The minimum Gasteiger partial charge on any atom is -0.377 e. The first kappa shape index (κ1) is 14.8. The number of hydrogen-bond donors (Lipinski definition) is 1. The lowest BCUT2D eigenvalue weighted by Crippen LogP contribution is -2.39. The molecule has 0 saturated carbocycles. The summed E-state index contributed by atoms with van der Waals surface area (Å²) in [4.78, 5) is 14.1. The number of aromatic nitrogens is 2. The number of hydrogen-bond acceptors (Lipinski definition) is 3. The summed E-state index contributed by atoms with van der Waals surface area (Å²) >= 11 is 0. The first-order valence-electron chi connectivity index (χ1n) is 7.27. The topological polar surface area (TPSA) is 58.2 Å². The Kier molecular flexibility index (Phi) is 5.80. The number of carbonyl (C=O) groups is 1. The van der Waals surface area contributed by atoms with E-state index in [9.17, 15) is 4.79 Å². The number of nitrogens with zero attached hydrogens (tertiary/aromatic N) is 2. The Morgan fingerprint density at radius 1 is 1.65 bits per heavy atom. The lowest BCUT2D eigenvalue weighted by Gasteiger charge is -2.32. The van der Waals surface area contributed by atoms with Crippen LogP contribution in [0.3, 0.4) is 0 Å². The van der Waals surface area contributed by atoms with Crippen LogP contribution in [-0.4, -0.2) is 47.3 Å². The van der Waals surface area contributed by atoms with E-state index in [1.54, 1.807) is 12.3 Å². The number of piperidine rings is 1. The molecule has 0 aromatic carbocycles. The standard InChI is InChI=1S/C15H23N3O2/c1-2-10-20-11-4-6-15(19)18-9-3-5-13(12-18)14-7-8-16-17-14/h2,7-8,13H,1,3-6,9-12H2,(H,16,17)/t13-/m1/s1. The third-order valence-electron chi connectivity index (χ3n) is 3.65. The van der Waals surface area contributed by atoms with Crippen LogP contribution in [0.15, 0.2) is 24.9 Å². The maximum atomic E-state index is 12.2. The molecule has 20 heavy (non-hydrogen) atoms. The molecule has 5 nitrogen and oxygen atoms in total. The van der Waals surface area contributed by atoms with Gasteiger partial charge in [0.2, 0.25) is 5.91 Å². The van der Waals surface area contributed by atoms with Gasteiger partial charge in [0.05, 0.1) is 6.61 Å². The Morgan fingerprint density at radius 3 is 3.30 bits per heavy atom. The van der Waals surface area contributed by atoms with Gasteiger partial charge in [-0.15, -0.1) is 6.58 Å². The van der Waals surface area contributed by atoms with E-state index >= 15 is 0 Å². The Labute approximate surface area is 120 Å². The van der Waals surface area contributed by atoms with Gasteiger partial charge in [0.15, 0.2) is 0 Å². The molecule has 1 atom stereocenters. The largest absolute Gasteiger partial charge is 0.377 e. The molecule has 2 rings (SSSR count). The normalized spacial score (nSPS) is 19.0. The number of amides is 1. The summed E-state index contributed by atoms with van der Waals surface area (Å²) < 4.78 is 5.30. The summed E-state index contributed by atoms with van der Waals surface area (Å²) in [6.45, 7) is 6.44. The van der Waals surface area contributed by atoms with Gasteiger partial charge in [-0.1, -0.05) is 6.08 Å². The Hall–Kier alpha value is -1.62. The summed E-state index contributed by atoms with van der Waals surface area (Å²) in [6, 6.07) is 2.00. The molecule has 0 bridgehead atoms. The number of carbonyl (C=O) groups excluding carboxylic acids is 1. The molecule has 1 aromatic heterocycles. The van der Waals surface area contributed by atoms with Crippen molar-refractivity contribution in [2.45, 2.75) is 31.6 Å². The van der Waals surface area contributed by atoms with Crippen molar-refractivity contribution in [1.82, 2.24) is 15.1 Å². The quantitative estimate of drug-likeness (QED) is 0.613. The second-order valence-corrected chi connectivity index (χ2v) is 5.16. The zero-order chi connectivity index (χ0) is 14.2. The second-order valence-electron chi connectivity index (χ2n) is 5.16. The number of rotatable bonds is 7.